The number of aromatic nitrogens is 2. The minimum Gasteiger partial charge on any atom is -0.464 e. The van der Waals surface area contributed by atoms with E-state index in [1.54, 1.807) is 17.7 Å². The molecule has 0 radical (unpaired) electrons. The van der Waals surface area contributed by atoms with Crippen molar-refractivity contribution < 1.29 is 4.42 Å². The fourth-order valence-electron chi connectivity index (χ4n) is 4.62. The van der Waals surface area contributed by atoms with E-state index < -0.39 is 0 Å². The van der Waals surface area contributed by atoms with Crippen LogP contribution in [0.15, 0.2) is 65.5 Å². The predicted molar refractivity (Wildman–Crippen MR) is 131 cm³/mol. The first-order chi connectivity index (χ1) is 14.9. The molecule has 0 N–H and O–H groups in total. The molecule has 0 fully saturated rings. The summed E-state index contributed by atoms with van der Waals surface area (Å²) in [6.45, 7) is 8.91. The Morgan fingerprint density at radius 1 is 0.903 bits per heavy atom. The smallest absolute Gasteiger partial charge is 0.135 e. The quantitative estimate of drug-likeness (QED) is 0.269. The summed E-state index contributed by atoms with van der Waals surface area (Å²) in [5.74, 6) is 0. The van der Waals surface area contributed by atoms with Crippen LogP contribution in [0.2, 0.25) is 0 Å². The Balaban J connectivity index is 1.73. The normalized spacial score (nSPS) is 12.5. The average Bonchev–Trinajstić information content (AvgIpc) is 3.32. The second-order valence-corrected chi connectivity index (χ2v) is 10.2. The van der Waals surface area contributed by atoms with Crippen LogP contribution in [0.3, 0.4) is 0 Å². The molecule has 3 aromatic carbocycles. The van der Waals surface area contributed by atoms with Crippen LogP contribution in [-0.4, -0.2) is 9.97 Å². The largest absolute Gasteiger partial charge is 0.464 e. The van der Waals surface area contributed by atoms with Crippen molar-refractivity contribution in [3.05, 3.63) is 72.2 Å². The molecule has 4 heteroatoms. The minimum absolute atomic E-state index is 0.0263. The van der Waals surface area contributed by atoms with E-state index >= 15 is 0 Å². The molecular formula is C27H22N2OS. The second kappa shape index (κ2) is 6.38. The number of thiophene rings is 1. The summed E-state index contributed by atoms with van der Waals surface area (Å²) < 4.78 is 6.96. The third-order valence-corrected chi connectivity index (χ3v) is 7.23. The molecule has 3 heterocycles. The SMILES string of the molecule is Cc1coc2ccc3c(sc4ncnc(-c5cc(C(C)(C)C)c6ccccc6c5)c43)c12. The number of aryl methyl sites for hydroxylation is 1. The molecule has 0 unspecified atom stereocenters. The molecule has 0 aliphatic heterocycles. The van der Waals surface area contributed by atoms with E-state index in [-0.39, 0.29) is 5.41 Å². The van der Waals surface area contributed by atoms with Crippen molar-refractivity contribution in [3.63, 3.8) is 0 Å². The van der Waals surface area contributed by atoms with Gasteiger partial charge in [-0.2, -0.15) is 0 Å². The molecule has 0 spiro atoms. The van der Waals surface area contributed by atoms with Gasteiger partial charge >= 0.3 is 0 Å². The summed E-state index contributed by atoms with van der Waals surface area (Å²) in [4.78, 5) is 10.4. The van der Waals surface area contributed by atoms with E-state index in [0.29, 0.717) is 0 Å². The highest BCUT2D eigenvalue weighted by Crippen LogP contribution is 2.43. The molecule has 0 atom stereocenters. The molecule has 3 aromatic heterocycles. The van der Waals surface area contributed by atoms with Gasteiger partial charge in [0.25, 0.3) is 0 Å². The van der Waals surface area contributed by atoms with Gasteiger partial charge < -0.3 is 4.42 Å². The van der Waals surface area contributed by atoms with Crippen molar-refractivity contribution in [2.45, 2.75) is 33.1 Å². The number of nitrogens with zero attached hydrogens (tertiary/aromatic N) is 2. The summed E-state index contributed by atoms with van der Waals surface area (Å²) >= 11 is 1.72. The Bertz CT molecular complexity index is 1630. The molecule has 0 aliphatic rings. The Kier molecular flexibility index (Phi) is 3.81. The lowest BCUT2D eigenvalue weighted by Crippen LogP contribution is -2.12. The van der Waals surface area contributed by atoms with Gasteiger partial charge in [-0.25, -0.2) is 9.97 Å². The minimum atomic E-state index is 0.0263. The molecule has 0 aliphatic carbocycles. The van der Waals surface area contributed by atoms with Crippen molar-refractivity contribution in [3.8, 4) is 11.3 Å². The lowest BCUT2D eigenvalue weighted by atomic mass is 9.82. The maximum absolute atomic E-state index is 5.74. The highest BCUT2D eigenvalue weighted by Gasteiger charge is 2.21. The van der Waals surface area contributed by atoms with E-state index in [1.807, 2.05) is 6.26 Å². The fraction of sp³-hybridized carbons (Fsp3) is 0.185. The summed E-state index contributed by atoms with van der Waals surface area (Å²) in [7, 11) is 0. The first kappa shape index (κ1) is 18.5. The summed E-state index contributed by atoms with van der Waals surface area (Å²) in [5, 5.41) is 6.04. The van der Waals surface area contributed by atoms with Crippen molar-refractivity contribution >= 4 is 53.4 Å². The number of benzene rings is 3. The van der Waals surface area contributed by atoms with Crippen LogP contribution in [0, 0.1) is 6.92 Å². The van der Waals surface area contributed by atoms with E-state index in [0.717, 1.165) is 32.6 Å². The zero-order chi connectivity index (χ0) is 21.3. The fourth-order valence-corrected chi connectivity index (χ4v) is 5.87. The van der Waals surface area contributed by atoms with Gasteiger partial charge in [-0.3, -0.25) is 0 Å². The summed E-state index contributed by atoms with van der Waals surface area (Å²) in [6, 6.07) is 17.4. The third kappa shape index (κ3) is 2.71. The Morgan fingerprint density at radius 3 is 2.58 bits per heavy atom. The van der Waals surface area contributed by atoms with Gasteiger partial charge in [-0.1, -0.05) is 45.0 Å². The third-order valence-electron chi connectivity index (χ3n) is 6.10. The molecule has 31 heavy (non-hydrogen) atoms. The molecular weight excluding hydrogens is 400 g/mol. The molecule has 0 amide bonds. The van der Waals surface area contributed by atoms with Gasteiger partial charge in [0.15, 0.2) is 0 Å². The Hall–Kier alpha value is -3.24. The number of fused-ring (bicyclic) bond motifs is 6. The number of hydrogen-bond acceptors (Lipinski definition) is 4. The van der Waals surface area contributed by atoms with Crippen LogP contribution in [0.5, 0.6) is 0 Å². The second-order valence-electron chi connectivity index (χ2n) is 9.23. The van der Waals surface area contributed by atoms with Gasteiger partial charge in [0, 0.05) is 26.4 Å². The van der Waals surface area contributed by atoms with Crippen LogP contribution < -0.4 is 0 Å². The van der Waals surface area contributed by atoms with Crippen LogP contribution >= 0.6 is 11.3 Å². The van der Waals surface area contributed by atoms with Gasteiger partial charge in [-0.05, 0) is 58.5 Å². The van der Waals surface area contributed by atoms with Crippen LogP contribution in [0.4, 0.5) is 0 Å². The highest BCUT2D eigenvalue weighted by atomic mass is 32.1. The maximum atomic E-state index is 5.74. The summed E-state index contributed by atoms with van der Waals surface area (Å²) in [6.07, 6.45) is 3.53. The first-order valence-corrected chi connectivity index (χ1v) is 11.3. The van der Waals surface area contributed by atoms with Gasteiger partial charge in [0.2, 0.25) is 0 Å². The van der Waals surface area contributed by atoms with Gasteiger partial charge in [0.1, 0.15) is 16.7 Å². The van der Waals surface area contributed by atoms with Crippen LogP contribution in [-0.2, 0) is 5.41 Å². The van der Waals surface area contributed by atoms with Gasteiger partial charge in [-0.15, -0.1) is 11.3 Å². The lowest BCUT2D eigenvalue weighted by Gasteiger charge is -2.22. The first-order valence-electron chi connectivity index (χ1n) is 10.5. The van der Waals surface area contributed by atoms with E-state index in [9.17, 15) is 0 Å². The van der Waals surface area contributed by atoms with Crippen molar-refractivity contribution in [1.29, 1.82) is 0 Å². The average molecular weight is 423 g/mol. The molecule has 152 valence electrons. The van der Waals surface area contributed by atoms with Gasteiger partial charge in [0.05, 0.1) is 12.0 Å². The van der Waals surface area contributed by atoms with Crippen molar-refractivity contribution in [2.75, 3.05) is 0 Å². The maximum Gasteiger partial charge on any atom is 0.135 e. The predicted octanol–water partition coefficient (Wildman–Crippen LogP) is 8.02. The highest BCUT2D eigenvalue weighted by molar-refractivity contribution is 7.26. The Morgan fingerprint density at radius 2 is 1.74 bits per heavy atom. The zero-order valence-corrected chi connectivity index (χ0v) is 18.8. The molecule has 6 aromatic rings. The monoisotopic (exact) mass is 422 g/mol. The van der Waals surface area contributed by atoms with E-state index in [4.69, 9.17) is 9.40 Å². The zero-order valence-electron chi connectivity index (χ0n) is 18.0. The van der Waals surface area contributed by atoms with Crippen LogP contribution in [0.1, 0.15) is 31.9 Å². The number of furan rings is 1. The van der Waals surface area contributed by atoms with Crippen molar-refractivity contribution in [2.24, 2.45) is 0 Å². The van der Waals surface area contributed by atoms with Crippen LogP contribution in [0.25, 0.3) is 53.3 Å². The van der Waals surface area contributed by atoms with Crippen molar-refractivity contribution in [1.82, 2.24) is 9.97 Å². The summed E-state index contributed by atoms with van der Waals surface area (Å²) in [5.41, 5.74) is 5.57. The van der Waals surface area contributed by atoms with E-state index in [1.165, 1.54) is 31.8 Å². The Labute approximate surface area is 184 Å². The molecule has 0 bridgehead atoms. The lowest BCUT2D eigenvalue weighted by molar-refractivity contribution is 0.596. The number of hydrogen-bond donors (Lipinski definition) is 0. The molecule has 3 nitrogen and oxygen atoms in total. The molecule has 0 saturated heterocycles. The molecule has 0 saturated carbocycles. The van der Waals surface area contributed by atoms with E-state index in [2.05, 4.69) is 81.2 Å². The molecule has 6 rings (SSSR count). The number of rotatable bonds is 1. The standard InChI is InChI=1S/C27H22N2OS/c1-15-13-30-21-10-9-19-23-24(28-14-29-26(23)31-25(19)22(15)21)17-11-16-7-5-6-8-18(16)20(12-17)27(2,3)4/h5-14H,1-4H3. The topological polar surface area (TPSA) is 38.9 Å².